The van der Waals surface area contributed by atoms with E-state index in [0.717, 1.165) is 33.1 Å². The Labute approximate surface area is 139 Å². The minimum atomic E-state index is -0.321. The molecule has 1 N–H and O–H groups in total. The van der Waals surface area contributed by atoms with E-state index in [0.29, 0.717) is 12.3 Å². The normalized spacial score (nSPS) is 10.7. The molecule has 0 aliphatic heterocycles. The highest BCUT2D eigenvalue weighted by Crippen LogP contribution is 2.33. The molecule has 0 amide bonds. The van der Waals surface area contributed by atoms with Crippen molar-refractivity contribution >= 4 is 17.3 Å². The summed E-state index contributed by atoms with van der Waals surface area (Å²) in [6.07, 6.45) is 0. The number of carbonyl (C=O) groups is 1. The molecule has 0 atom stereocenters. The fraction of sp³-hybridized carbons (Fsp3) is 0.222. The zero-order valence-corrected chi connectivity index (χ0v) is 14.2. The van der Waals surface area contributed by atoms with Crippen LogP contribution in [-0.2, 0) is 4.74 Å². The zero-order valence-electron chi connectivity index (χ0n) is 13.3. The lowest BCUT2D eigenvalue weighted by Gasteiger charge is -2.01. The Balaban J connectivity index is 2.00. The van der Waals surface area contributed by atoms with E-state index in [9.17, 15) is 4.79 Å². The van der Waals surface area contributed by atoms with Crippen molar-refractivity contribution in [2.75, 3.05) is 6.61 Å². The van der Waals surface area contributed by atoms with Gasteiger partial charge >= 0.3 is 5.97 Å². The molecule has 2 heterocycles. The van der Waals surface area contributed by atoms with Crippen molar-refractivity contribution in [3.05, 3.63) is 52.7 Å². The molecule has 4 nitrogen and oxygen atoms in total. The van der Waals surface area contributed by atoms with Crippen molar-refractivity contribution in [1.29, 1.82) is 0 Å². The lowest BCUT2D eigenvalue weighted by Crippen LogP contribution is -2.06. The van der Waals surface area contributed by atoms with Gasteiger partial charge in [-0.05, 0) is 26.3 Å². The number of thiazole rings is 1. The lowest BCUT2D eigenvalue weighted by molar-refractivity contribution is 0.0519. The van der Waals surface area contributed by atoms with Gasteiger partial charge in [-0.15, -0.1) is 11.3 Å². The van der Waals surface area contributed by atoms with Crippen LogP contribution in [0.4, 0.5) is 0 Å². The molecule has 0 aliphatic rings. The third-order valence-electron chi connectivity index (χ3n) is 3.70. The van der Waals surface area contributed by atoms with Gasteiger partial charge in [0.05, 0.1) is 12.3 Å². The number of hydrogen-bond acceptors (Lipinski definition) is 4. The third-order valence-corrected chi connectivity index (χ3v) is 4.59. The van der Waals surface area contributed by atoms with E-state index in [4.69, 9.17) is 9.72 Å². The minimum absolute atomic E-state index is 0.321. The number of esters is 1. The summed E-state index contributed by atoms with van der Waals surface area (Å²) in [6, 6.07) is 10.1. The summed E-state index contributed by atoms with van der Waals surface area (Å²) in [5, 5.41) is 3.00. The van der Waals surface area contributed by atoms with Crippen LogP contribution in [0.1, 0.15) is 28.7 Å². The molecule has 0 radical (unpaired) electrons. The highest BCUT2D eigenvalue weighted by molar-refractivity contribution is 7.13. The quantitative estimate of drug-likeness (QED) is 0.713. The van der Waals surface area contributed by atoms with Gasteiger partial charge in [0.2, 0.25) is 0 Å². The standard InChI is InChI=1S/C18H18N2O2S/c1-4-22-18(21)16-11(2)15(12(3)19-16)14-10-23-17(20-14)13-8-6-5-7-9-13/h5-10,19H,4H2,1-3H3. The largest absolute Gasteiger partial charge is 0.461 e. The molecule has 0 fully saturated rings. The van der Waals surface area contributed by atoms with E-state index in [1.807, 2.05) is 49.6 Å². The van der Waals surface area contributed by atoms with Gasteiger partial charge in [0.25, 0.3) is 0 Å². The average molecular weight is 326 g/mol. The monoisotopic (exact) mass is 326 g/mol. The Morgan fingerprint density at radius 2 is 2.00 bits per heavy atom. The second-order valence-corrected chi connectivity index (χ2v) is 6.11. The number of aryl methyl sites for hydroxylation is 1. The maximum atomic E-state index is 12.0. The van der Waals surface area contributed by atoms with Crippen LogP contribution in [0.15, 0.2) is 35.7 Å². The van der Waals surface area contributed by atoms with Crippen molar-refractivity contribution < 1.29 is 9.53 Å². The number of aromatic amines is 1. The van der Waals surface area contributed by atoms with Crippen LogP contribution in [-0.4, -0.2) is 22.5 Å². The number of rotatable bonds is 4. The third kappa shape index (κ3) is 2.92. The van der Waals surface area contributed by atoms with E-state index < -0.39 is 0 Å². The molecule has 3 rings (SSSR count). The first kappa shape index (κ1) is 15.5. The fourth-order valence-electron chi connectivity index (χ4n) is 2.64. The first-order valence-electron chi connectivity index (χ1n) is 7.49. The van der Waals surface area contributed by atoms with E-state index in [1.54, 1.807) is 18.3 Å². The minimum Gasteiger partial charge on any atom is -0.461 e. The second-order valence-electron chi connectivity index (χ2n) is 5.25. The fourth-order valence-corrected chi connectivity index (χ4v) is 3.46. The molecule has 0 spiro atoms. The molecular formula is C18H18N2O2S. The van der Waals surface area contributed by atoms with Crippen LogP contribution in [0.3, 0.4) is 0 Å². The molecule has 23 heavy (non-hydrogen) atoms. The van der Waals surface area contributed by atoms with Crippen molar-refractivity contribution in [1.82, 2.24) is 9.97 Å². The lowest BCUT2D eigenvalue weighted by atomic mass is 10.1. The van der Waals surface area contributed by atoms with Crippen molar-refractivity contribution in [3.8, 4) is 21.8 Å². The summed E-state index contributed by atoms with van der Waals surface area (Å²) < 4.78 is 5.10. The van der Waals surface area contributed by atoms with Crippen molar-refractivity contribution in [3.63, 3.8) is 0 Å². The summed E-state index contributed by atoms with van der Waals surface area (Å²) in [5.74, 6) is -0.321. The van der Waals surface area contributed by atoms with Gasteiger partial charge in [-0.25, -0.2) is 9.78 Å². The van der Waals surface area contributed by atoms with Crippen LogP contribution in [0, 0.1) is 13.8 Å². The molecule has 0 saturated heterocycles. The van der Waals surface area contributed by atoms with Crippen LogP contribution in [0.5, 0.6) is 0 Å². The summed E-state index contributed by atoms with van der Waals surface area (Å²) >= 11 is 1.60. The van der Waals surface area contributed by atoms with Gasteiger partial charge in [0.1, 0.15) is 10.7 Å². The van der Waals surface area contributed by atoms with Gasteiger partial charge in [0, 0.05) is 22.2 Å². The van der Waals surface area contributed by atoms with Gasteiger partial charge in [-0.2, -0.15) is 0 Å². The average Bonchev–Trinajstić information content (AvgIpc) is 3.13. The van der Waals surface area contributed by atoms with Gasteiger partial charge in [-0.3, -0.25) is 0 Å². The van der Waals surface area contributed by atoms with E-state index in [-0.39, 0.29) is 5.97 Å². The SMILES string of the molecule is CCOC(=O)c1[nH]c(C)c(-c2csc(-c3ccccc3)n2)c1C. The number of benzene rings is 1. The smallest absolute Gasteiger partial charge is 0.355 e. The highest BCUT2D eigenvalue weighted by Gasteiger charge is 2.21. The van der Waals surface area contributed by atoms with Gasteiger partial charge in [-0.1, -0.05) is 30.3 Å². The molecule has 1 aromatic carbocycles. The molecular weight excluding hydrogens is 308 g/mol. The predicted octanol–water partition coefficient (Wildman–Crippen LogP) is 4.60. The van der Waals surface area contributed by atoms with E-state index >= 15 is 0 Å². The molecule has 118 valence electrons. The summed E-state index contributed by atoms with van der Waals surface area (Å²) in [7, 11) is 0. The molecule has 0 saturated carbocycles. The topological polar surface area (TPSA) is 55.0 Å². The van der Waals surface area contributed by atoms with E-state index in [2.05, 4.69) is 4.98 Å². The first-order valence-corrected chi connectivity index (χ1v) is 8.37. The first-order chi connectivity index (χ1) is 11.1. The summed E-state index contributed by atoms with van der Waals surface area (Å²) in [6.45, 7) is 6.04. The predicted molar refractivity (Wildman–Crippen MR) is 92.8 cm³/mol. The molecule has 0 bridgehead atoms. The Morgan fingerprint density at radius 3 is 2.70 bits per heavy atom. The van der Waals surface area contributed by atoms with Crippen molar-refractivity contribution in [2.45, 2.75) is 20.8 Å². The van der Waals surface area contributed by atoms with Gasteiger partial charge < -0.3 is 9.72 Å². The zero-order chi connectivity index (χ0) is 16.4. The summed E-state index contributed by atoms with van der Waals surface area (Å²) in [5.41, 5.74) is 5.28. The highest BCUT2D eigenvalue weighted by atomic mass is 32.1. The number of ether oxygens (including phenoxy) is 1. The van der Waals surface area contributed by atoms with E-state index in [1.165, 1.54) is 0 Å². The van der Waals surface area contributed by atoms with Crippen LogP contribution in [0.25, 0.3) is 21.8 Å². The van der Waals surface area contributed by atoms with Crippen LogP contribution >= 0.6 is 11.3 Å². The Hall–Kier alpha value is -2.40. The molecule has 0 aliphatic carbocycles. The second kappa shape index (κ2) is 6.38. The van der Waals surface area contributed by atoms with Crippen molar-refractivity contribution in [2.24, 2.45) is 0 Å². The molecule has 3 aromatic rings. The Morgan fingerprint density at radius 1 is 1.26 bits per heavy atom. The Bertz CT molecular complexity index is 834. The molecule has 5 heteroatoms. The maximum Gasteiger partial charge on any atom is 0.355 e. The van der Waals surface area contributed by atoms with Crippen LogP contribution < -0.4 is 0 Å². The maximum absolute atomic E-state index is 12.0. The number of nitrogens with zero attached hydrogens (tertiary/aromatic N) is 1. The number of aromatic nitrogens is 2. The number of carbonyl (C=O) groups excluding carboxylic acids is 1. The Kier molecular flexibility index (Phi) is 4.30. The van der Waals surface area contributed by atoms with Crippen LogP contribution in [0.2, 0.25) is 0 Å². The summed E-state index contributed by atoms with van der Waals surface area (Å²) in [4.78, 5) is 19.9. The molecule has 0 unspecified atom stereocenters. The number of hydrogen-bond donors (Lipinski definition) is 1. The number of nitrogens with one attached hydrogen (secondary N) is 1. The van der Waals surface area contributed by atoms with Gasteiger partial charge in [0.15, 0.2) is 0 Å². The molecule has 2 aromatic heterocycles. The number of H-pyrrole nitrogens is 1.